The number of benzene rings is 2. The smallest absolute Gasteiger partial charge is 0.163 e. The van der Waals surface area contributed by atoms with Crippen molar-refractivity contribution >= 4 is 17.3 Å². The van der Waals surface area contributed by atoms with Crippen molar-refractivity contribution in [2.75, 3.05) is 16.8 Å². The van der Waals surface area contributed by atoms with Crippen molar-refractivity contribution in [2.24, 2.45) is 0 Å². The molecule has 0 radical (unpaired) electrons. The average Bonchev–Trinajstić information content (AvgIpc) is 2.83. The Morgan fingerprint density at radius 1 is 0.867 bits per heavy atom. The first-order valence-electron chi connectivity index (χ1n) is 10.3. The standard InChI is InChI=1S/C25H23N5/c1-2-8-21(9-3-1)25-28-23(27-18-19-12-14-26-15-13-19)17-24(29-25)30-16-6-10-20-7-4-5-11-22(20)30/h1-5,7-9,11-15,17H,6,10,16,18H2,(H,27,28,29). The highest BCUT2D eigenvalue weighted by atomic mass is 15.2. The van der Waals surface area contributed by atoms with Gasteiger partial charge in [0.1, 0.15) is 11.6 Å². The van der Waals surface area contributed by atoms with E-state index in [0.717, 1.165) is 48.0 Å². The third-order valence-corrected chi connectivity index (χ3v) is 5.35. The van der Waals surface area contributed by atoms with Crippen LogP contribution in [0, 0.1) is 0 Å². The third kappa shape index (κ3) is 3.87. The lowest BCUT2D eigenvalue weighted by atomic mass is 10.0. The second kappa shape index (κ2) is 8.33. The van der Waals surface area contributed by atoms with Gasteiger partial charge in [0, 0.05) is 42.8 Å². The van der Waals surface area contributed by atoms with Gasteiger partial charge in [-0.2, -0.15) is 0 Å². The molecule has 5 rings (SSSR count). The number of aryl methyl sites for hydroxylation is 1. The predicted molar refractivity (Wildman–Crippen MR) is 121 cm³/mol. The molecule has 0 spiro atoms. The summed E-state index contributed by atoms with van der Waals surface area (Å²) in [5, 5.41) is 3.47. The van der Waals surface area contributed by atoms with Gasteiger partial charge >= 0.3 is 0 Å². The maximum Gasteiger partial charge on any atom is 0.163 e. The van der Waals surface area contributed by atoms with Crippen molar-refractivity contribution in [3.63, 3.8) is 0 Å². The Morgan fingerprint density at radius 2 is 1.67 bits per heavy atom. The van der Waals surface area contributed by atoms with Gasteiger partial charge in [0.2, 0.25) is 0 Å². The number of fused-ring (bicyclic) bond motifs is 1. The molecule has 148 valence electrons. The minimum absolute atomic E-state index is 0.684. The summed E-state index contributed by atoms with van der Waals surface area (Å²) in [6.07, 6.45) is 5.84. The zero-order valence-corrected chi connectivity index (χ0v) is 16.7. The Hall–Kier alpha value is -3.73. The molecule has 5 heteroatoms. The van der Waals surface area contributed by atoms with E-state index in [1.165, 1.54) is 11.3 Å². The molecule has 0 atom stereocenters. The number of rotatable bonds is 5. The molecule has 3 heterocycles. The summed E-state index contributed by atoms with van der Waals surface area (Å²) in [5.74, 6) is 2.47. The van der Waals surface area contributed by atoms with E-state index >= 15 is 0 Å². The third-order valence-electron chi connectivity index (χ3n) is 5.35. The first-order valence-corrected chi connectivity index (χ1v) is 10.3. The topological polar surface area (TPSA) is 53.9 Å². The molecular formula is C25H23N5. The average molecular weight is 393 g/mol. The minimum Gasteiger partial charge on any atom is -0.366 e. The fourth-order valence-electron chi connectivity index (χ4n) is 3.84. The van der Waals surface area contributed by atoms with Crippen LogP contribution in [-0.4, -0.2) is 21.5 Å². The number of hydrogen-bond donors (Lipinski definition) is 1. The molecule has 0 fully saturated rings. The van der Waals surface area contributed by atoms with Gasteiger partial charge < -0.3 is 10.2 Å². The van der Waals surface area contributed by atoms with Crippen LogP contribution in [-0.2, 0) is 13.0 Å². The largest absolute Gasteiger partial charge is 0.366 e. The van der Waals surface area contributed by atoms with Crippen LogP contribution in [0.4, 0.5) is 17.3 Å². The Kier molecular flexibility index (Phi) is 5.08. The number of nitrogens with zero attached hydrogens (tertiary/aromatic N) is 4. The monoisotopic (exact) mass is 393 g/mol. The molecular weight excluding hydrogens is 370 g/mol. The van der Waals surface area contributed by atoms with E-state index in [2.05, 4.69) is 57.7 Å². The van der Waals surface area contributed by atoms with E-state index in [-0.39, 0.29) is 0 Å². The van der Waals surface area contributed by atoms with E-state index in [9.17, 15) is 0 Å². The summed E-state index contributed by atoms with van der Waals surface area (Å²) in [6, 6.07) is 24.8. The fraction of sp³-hybridized carbons (Fsp3) is 0.160. The van der Waals surface area contributed by atoms with Crippen LogP contribution in [0.25, 0.3) is 11.4 Å². The van der Waals surface area contributed by atoms with Gasteiger partial charge in [0.25, 0.3) is 0 Å². The minimum atomic E-state index is 0.684. The van der Waals surface area contributed by atoms with Crippen LogP contribution in [0.3, 0.4) is 0 Å². The van der Waals surface area contributed by atoms with Gasteiger partial charge in [-0.25, -0.2) is 9.97 Å². The molecule has 1 N–H and O–H groups in total. The molecule has 1 aliphatic rings. The Bertz CT molecular complexity index is 1130. The summed E-state index contributed by atoms with van der Waals surface area (Å²) in [6.45, 7) is 1.63. The molecule has 0 aliphatic carbocycles. The molecule has 5 nitrogen and oxygen atoms in total. The molecule has 0 saturated heterocycles. The maximum absolute atomic E-state index is 4.95. The zero-order valence-electron chi connectivity index (χ0n) is 16.7. The molecule has 0 amide bonds. The number of para-hydroxylation sites is 1. The van der Waals surface area contributed by atoms with Gasteiger partial charge in [0.15, 0.2) is 5.82 Å². The summed E-state index contributed by atoms with van der Waals surface area (Å²) in [4.78, 5) is 16.2. The predicted octanol–water partition coefficient (Wildman–Crippen LogP) is 5.24. The summed E-state index contributed by atoms with van der Waals surface area (Å²) >= 11 is 0. The van der Waals surface area contributed by atoms with E-state index in [1.807, 2.05) is 42.7 Å². The first-order chi connectivity index (χ1) is 14.9. The summed E-state index contributed by atoms with van der Waals surface area (Å²) in [5.41, 5.74) is 4.78. The maximum atomic E-state index is 4.95. The van der Waals surface area contributed by atoms with E-state index in [4.69, 9.17) is 9.97 Å². The highest BCUT2D eigenvalue weighted by Crippen LogP contribution is 2.34. The molecule has 1 aliphatic heterocycles. The van der Waals surface area contributed by atoms with Crippen LogP contribution in [0.1, 0.15) is 17.5 Å². The van der Waals surface area contributed by atoms with Crippen LogP contribution in [0.5, 0.6) is 0 Å². The Labute approximate surface area is 176 Å². The molecule has 4 aromatic rings. The Balaban J connectivity index is 1.53. The zero-order chi connectivity index (χ0) is 20.2. The van der Waals surface area contributed by atoms with Crippen molar-refractivity contribution in [3.05, 3.63) is 96.3 Å². The summed E-state index contributed by atoms with van der Waals surface area (Å²) in [7, 11) is 0. The molecule has 2 aromatic carbocycles. The SMILES string of the molecule is c1ccc(-c2nc(NCc3ccncc3)cc(N3CCCc4ccccc43)n2)cc1. The second-order valence-electron chi connectivity index (χ2n) is 7.39. The van der Waals surface area contributed by atoms with Gasteiger partial charge in [0.05, 0.1) is 0 Å². The van der Waals surface area contributed by atoms with E-state index in [0.29, 0.717) is 6.54 Å². The van der Waals surface area contributed by atoms with E-state index in [1.54, 1.807) is 0 Å². The van der Waals surface area contributed by atoms with Crippen LogP contribution in [0.15, 0.2) is 85.2 Å². The normalized spacial score (nSPS) is 13.0. The number of anilines is 3. The van der Waals surface area contributed by atoms with Gasteiger partial charge in [-0.1, -0.05) is 48.5 Å². The Morgan fingerprint density at radius 3 is 2.53 bits per heavy atom. The number of nitrogens with one attached hydrogen (secondary N) is 1. The van der Waals surface area contributed by atoms with E-state index < -0.39 is 0 Å². The molecule has 2 aromatic heterocycles. The number of hydrogen-bond acceptors (Lipinski definition) is 5. The van der Waals surface area contributed by atoms with Crippen molar-refractivity contribution < 1.29 is 0 Å². The fourth-order valence-corrected chi connectivity index (χ4v) is 3.84. The van der Waals surface area contributed by atoms with Crippen molar-refractivity contribution in [1.82, 2.24) is 15.0 Å². The van der Waals surface area contributed by atoms with Gasteiger partial charge in [-0.3, -0.25) is 4.98 Å². The lowest BCUT2D eigenvalue weighted by Crippen LogP contribution is -2.25. The van der Waals surface area contributed by atoms with Crippen molar-refractivity contribution in [3.8, 4) is 11.4 Å². The highest BCUT2D eigenvalue weighted by Gasteiger charge is 2.20. The van der Waals surface area contributed by atoms with Crippen LogP contribution >= 0.6 is 0 Å². The molecule has 0 saturated carbocycles. The van der Waals surface area contributed by atoms with Gasteiger partial charge in [-0.15, -0.1) is 0 Å². The number of aromatic nitrogens is 3. The quantitative estimate of drug-likeness (QED) is 0.503. The molecule has 0 bridgehead atoms. The second-order valence-corrected chi connectivity index (χ2v) is 7.39. The van der Waals surface area contributed by atoms with Gasteiger partial charge in [-0.05, 0) is 42.2 Å². The van der Waals surface area contributed by atoms with Crippen molar-refractivity contribution in [1.29, 1.82) is 0 Å². The lowest BCUT2D eigenvalue weighted by molar-refractivity contribution is 0.759. The highest BCUT2D eigenvalue weighted by molar-refractivity contribution is 5.69. The van der Waals surface area contributed by atoms with Crippen molar-refractivity contribution in [2.45, 2.75) is 19.4 Å². The summed E-state index contributed by atoms with van der Waals surface area (Å²) < 4.78 is 0. The number of pyridine rings is 1. The first kappa shape index (κ1) is 18.3. The molecule has 0 unspecified atom stereocenters. The lowest BCUT2D eigenvalue weighted by Gasteiger charge is -2.30. The molecule has 30 heavy (non-hydrogen) atoms. The van der Waals surface area contributed by atoms with Crippen LogP contribution in [0.2, 0.25) is 0 Å². The van der Waals surface area contributed by atoms with Crippen LogP contribution < -0.4 is 10.2 Å².